The Balaban J connectivity index is 1.17. The predicted molar refractivity (Wildman–Crippen MR) is 162 cm³/mol. The molecule has 1 saturated heterocycles. The van der Waals surface area contributed by atoms with Crippen LogP contribution in [-0.4, -0.2) is 88.5 Å². The topological polar surface area (TPSA) is 127 Å². The Morgan fingerprint density at radius 1 is 1.21 bits per heavy atom. The summed E-state index contributed by atoms with van der Waals surface area (Å²) in [7, 11) is 2.71. The van der Waals surface area contributed by atoms with E-state index >= 15 is 0 Å². The van der Waals surface area contributed by atoms with Crippen LogP contribution in [0.25, 0.3) is 22.4 Å². The molecule has 6 rings (SSSR count). The molecule has 0 radical (unpaired) electrons. The molecular formula is C30H34BFN6O4. The second-order valence-electron chi connectivity index (χ2n) is 11.1. The van der Waals surface area contributed by atoms with Gasteiger partial charge in [-0.25, -0.2) is 9.37 Å². The van der Waals surface area contributed by atoms with Gasteiger partial charge in [-0.15, -0.1) is 0 Å². The summed E-state index contributed by atoms with van der Waals surface area (Å²) in [6.45, 7) is 4.54. The second kappa shape index (κ2) is 11.6. The number of aliphatic hydroxyl groups is 1. The monoisotopic (exact) mass is 572 g/mol. The highest BCUT2D eigenvalue weighted by Gasteiger charge is 2.34. The zero-order chi connectivity index (χ0) is 29.4. The van der Waals surface area contributed by atoms with Gasteiger partial charge in [0, 0.05) is 30.9 Å². The number of aromatic nitrogens is 3. The van der Waals surface area contributed by atoms with Crippen molar-refractivity contribution in [3.8, 4) is 17.1 Å². The van der Waals surface area contributed by atoms with E-state index in [1.54, 1.807) is 12.1 Å². The van der Waals surface area contributed by atoms with E-state index < -0.39 is 6.10 Å². The molecule has 0 saturated carbocycles. The Hall–Kier alpha value is -4.16. The molecule has 2 aromatic heterocycles. The third-order valence-electron chi connectivity index (χ3n) is 8.23. The molecule has 1 atom stereocenters. The number of nitrogens with zero attached hydrogens (tertiary/aromatic N) is 3. The average molecular weight is 572 g/mol. The summed E-state index contributed by atoms with van der Waals surface area (Å²) in [5, 5.41) is 13.7. The van der Waals surface area contributed by atoms with Gasteiger partial charge >= 0.3 is 0 Å². The van der Waals surface area contributed by atoms with Gasteiger partial charge in [-0.1, -0.05) is 6.82 Å². The summed E-state index contributed by atoms with van der Waals surface area (Å²) in [6, 6.07) is 10.0. The van der Waals surface area contributed by atoms with Crippen molar-refractivity contribution in [3.05, 3.63) is 69.9 Å². The Morgan fingerprint density at radius 3 is 2.81 bits per heavy atom. The lowest BCUT2D eigenvalue weighted by atomic mass is 9.73. The fourth-order valence-electron chi connectivity index (χ4n) is 5.86. The van der Waals surface area contributed by atoms with E-state index in [4.69, 9.17) is 4.74 Å². The number of carbonyl (C=O) groups is 1. The Morgan fingerprint density at radius 2 is 2.02 bits per heavy atom. The molecule has 2 aliphatic rings. The number of aliphatic hydroxyl groups excluding tert-OH is 1. The van der Waals surface area contributed by atoms with Crippen LogP contribution in [0.1, 0.15) is 28.8 Å². The summed E-state index contributed by atoms with van der Waals surface area (Å²) < 4.78 is 19.3. The number of likely N-dealkylation sites (tertiary alicyclic amines) is 1. The van der Waals surface area contributed by atoms with E-state index in [1.165, 1.54) is 18.3 Å². The second-order valence-corrected chi connectivity index (χ2v) is 11.1. The van der Waals surface area contributed by atoms with Gasteiger partial charge in [-0.2, -0.15) is 0 Å². The first-order valence-corrected chi connectivity index (χ1v) is 14.4. The van der Waals surface area contributed by atoms with Crippen LogP contribution in [-0.2, 0) is 6.54 Å². The zero-order valence-electron chi connectivity index (χ0n) is 23.7. The minimum atomic E-state index is -0.899. The van der Waals surface area contributed by atoms with Crippen LogP contribution in [0.4, 0.5) is 10.1 Å². The van der Waals surface area contributed by atoms with Crippen LogP contribution in [0, 0.1) is 5.82 Å². The molecule has 0 bridgehead atoms. The van der Waals surface area contributed by atoms with Crippen molar-refractivity contribution in [2.45, 2.75) is 38.4 Å². The molecule has 4 aromatic rings. The predicted octanol–water partition coefficient (Wildman–Crippen LogP) is 2.07. The van der Waals surface area contributed by atoms with E-state index in [2.05, 4.69) is 32.2 Å². The molecule has 0 aliphatic carbocycles. The molecule has 1 fully saturated rings. The molecule has 10 nitrogen and oxygen atoms in total. The molecule has 42 heavy (non-hydrogen) atoms. The lowest BCUT2D eigenvalue weighted by Gasteiger charge is -2.34. The first-order chi connectivity index (χ1) is 20.3. The molecule has 2 aromatic carbocycles. The number of H-pyrrole nitrogens is 2. The number of imidazole rings is 1. The number of aromatic amines is 2. The Labute approximate surface area is 243 Å². The quantitative estimate of drug-likeness (QED) is 0.226. The smallest absolute Gasteiger partial charge is 0.261 e. The largest absolute Gasteiger partial charge is 0.491 e. The van der Waals surface area contributed by atoms with Crippen molar-refractivity contribution < 1.29 is 19.0 Å². The third kappa shape index (κ3) is 5.51. The number of nitrogens with one attached hydrogen (secondary N) is 3. The molecule has 4 heterocycles. The molecule has 4 N–H and O–H groups in total. The van der Waals surface area contributed by atoms with Crippen LogP contribution >= 0.6 is 0 Å². The molecule has 218 valence electrons. The fraction of sp³-hybridized carbons (Fsp3) is 0.367. The number of ether oxygens (including phenoxy) is 1. The number of hydrogen-bond acceptors (Lipinski definition) is 7. The summed E-state index contributed by atoms with van der Waals surface area (Å²) >= 11 is 0. The van der Waals surface area contributed by atoms with Crippen LogP contribution in [0.15, 0.2) is 47.4 Å². The fourth-order valence-corrected chi connectivity index (χ4v) is 5.86. The van der Waals surface area contributed by atoms with Crippen molar-refractivity contribution in [2.75, 3.05) is 38.6 Å². The van der Waals surface area contributed by atoms with Crippen molar-refractivity contribution in [3.63, 3.8) is 0 Å². The van der Waals surface area contributed by atoms with Crippen molar-refractivity contribution >= 4 is 35.4 Å². The van der Waals surface area contributed by atoms with Gasteiger partial charge in [0.15, 0.2) is 7.28 Å². The maximum absolute atomic E-state index is 13.5. The maximum Gasteiger partial charge on any atom is 0.261 e. The number of rotatable bonds is 9. The van der Waals surface area contributed by atoms with E-state index in [-0.39, 0.29) is 36.5 Å². The van der Waals surface area contributed by atoms with E-state index in [0.29, 0.717) is 47.7 Å². The summed E-state index contributed by atoms with van der Waals surface area (Å²) in [4.78, 5) is 41.1. The van der Waals surface area contributed by atoms with Crippen LogP contribution in [0.5, 0.6) is 5.75 Å². The highest BCUT2D eigenvalue weighted by molar-refractivity contribution is 6.53. The van der Waals surface area contributed by atoms with Gasteiger partial charge in [0.1, 0.15) is 35.7 Å². The Kier molecular flexibility index (Phi) is 7.74. The van der Waals surface area contributed by atoms with E-state index in [0.717, 1.165) is 42.5 Å². The van der Waals surface area contributed by atoms with E-state index in [9.17, 15) is 19.1 Å². The lowest BCUT2D eigenvalue weighted by molar-refractivity contribution is 0.0617. The lowest BCUT2D eigenvalue weighted by Crippen LogP contribution is -2.43. The zero-order valence-corrected chi connectivity index (χ0v) is 23.7. The van der Waals surface area contributed by atoms with Crippen molar-refractivity contribution in [1.82, 2.24) is 24.8 Å². The maximum atomic E-state index is 13.5. The SMILES string of the molecule is CBc1cc(F)ccc1OC[C@H](O)CNc1cc[nH]c(=O)c1-c1nc2cc3c(cc2[nH]1)CN(C1CCN(C)CC1)C3=O. The molecule has 0 spiro atoms. The first-order valence-electron chi connectivity index (χ1n) is 14.4. The summed E-state index contributed by atoms with van der Waals surface area (Å²) in [6.07, 6.45) is 2.56. The van der Waals surface area contributed by atoms with Gasteiger partial charge in [0.25, 0.3) is 11.5 Å². The van der Waals surface area contributed by atoms with Crippen molar-refractivity contribution in [1.29, 1.82) is 0 Å². The molecule has 1 amide bonds. The number of hydrogen-bond donors (Lipinski definition) is 4. The molecule has 12 heteroatoms. The first kappa shape index (κ1) is 28.0. The minimum absolute atomic E-state index is 0.0110. The number of halogens is 1. The van der Waals surface area contributed by atoms with Crippen LogP contribution in [0.3, 0.4) is 0 Å². The number of amides is 1. The van der Waals surface area contributed by atoms with Crippen LogP contribution < -0.4 is 21.1 Å². The molecular weight excluding hydrogens is 538 g/mol. The van der Waals surface area contributed by atoms with Gasteiger partial charge in [0.05, 0.1) is 16.7 Å². The minimum Gasteiger partial charge on any atom is -0.491 e. The standard InChI is InChI=1S/C30H34BFN6O4/c1-31-22-12-18(32)3-4-26(22)42-16-20(39)14-34-23-5-8-33-29(40)27(23)28-35-24-11-17-15-38(19-6-9-37(2)10-7-19)30(41)21(17)13-25(24)36-28/h3-5,8,11-13,19-20,31,39H,6-7,9-10,14-16H2,1-2H3,(H,35,36)(H2,33,34,40)/t20-/m1/s1. The van der Waals surface area contributed by atoms with Crippen molar-refractivity contribution in [2.24, 2.45) is 0 Å². The van der Waals surface area contributed by atoms with Gasteiger partial charge in [0.2, 0.25) is 0 Å². The number of piperidine rings is 1. The number of fused-ring (bicyclic) bond motifs is 2. The van der Waals surface area contributed by atoms with Gasteiger partial charge in [-0.3, -0.25) is 9.59 Å². The third-order valence-corrected chi connectivity index (χ3v) is 8.23. The van der Waals surface area contributed by atoms with Gasteiger partial charge < -0.3 is 34.9 Å². The summed E-state index contributed by atoms with van der Waals surface area (Å²) in [5.41, 5.74) is 4.14. The highest BCUT2D eigenvalue weighted by Crippen LogP contribution is 2.32. The van der Waals surface area contributed by atoms with Gasteiger partial charge in [-0.05, 0) is 80.4 Å². The summed E-state index contributed by atoms with van der Waals surface area (Å²) in [5.74, 6) is 0.590. The van der Waals surface area contributed by atoms with Crippen LogP contribution in [0.2, 0.25) is 6.82 Å². The number of benzene rings is 2. The average Bonchev–Trinajstić information content (AvgIpc) is 3.54. The highest BCUT2D eigenvalue weighted by atomic mass is 19.1. The molecule has 0 unspecified atom stereocenters. The number of pyridine rings is 1. The number of carbonyl (C=O) groups excluding carboxylic acids is 1. The van der Waals surface area contributed by atoms with E-state index in [1.807, 2.05) is 23.9 Å². The Bertz CT molecular complexity index is 1680. The molecule has 2 aliphatic heterocycles. The number of anilines is 1. The normalized spacial score (nSPS) is 16.6.